The van der Waals surface area contributed by atoms with E-state index in [1.54, 1.807) is 0 Å². The van der Waals surface area contributed by atoms with E-state index in [1.165, 1.54) is 0 Å². The van der Waals surface area contributed by atoms with E-state index in [0.29, 0.717) is 25.8 Å². The van der Waals surface area contributed by atoms with Gasteiger partial charge in [0.2, 0.25) is 23.6 Å². The standard InChI is InChI=1S/C32H42N4O5/c1-19(2)16-24-28(38)33-15-11-6-5-10-14-22-27-31(4,41-27)20(3)26-23(17-21-12-8-7-9-13-21)36-30(40)32(22,26)29(39)34-18-25(37)35-24/h6-14,19-20,22-24,26-27H,5,15-18H2,1-4H3,(H,33,38)(H,34,39)(H,35,37)(H,36,40)/b11-6-,14-10+/t20-,22?,23-,24+,26?,27-,31+,32-/m0/s1. The molecule has 2 unspecified atom stereocenters. The molecule has 4 aliphatic rings. The van der Waals surface area contributed by atoms with Gasteiger partial charge >= 0.3 is 0 Å². The summed E-state index contributed by atoms with van der Waals surface area (Å²) in [6, 6.07) is 8.95. The zero-order valence-corrected chi connectivity index (χ0v) is 24.3. The first-order chi connectivity index (χ1) is 19.6. The Morgan fingerprint density at radius 2 is 1.73 bits per heavy atom. The Morgan fingerprint density at radius 3 is 2.46 bits per heavy atom. The first-order valence-electron chi connectivity index (χ1n) is 14.8. The summed E-state index contributed by atoms with van der Waals surface area (Å²) >= 11 is 0. The minimum Gasteiger partial charge on any atom is -0.365 e. The Labute approximate surface area is 241 Å². The number of nitrogens with one attached hydrogen (secondary N) is 4. The first kappa shape index (κ1) is 29.0. The molecule has 9 heteroatoms. The zero-order chi connectivity index (χ0) is 29.4. The summed E-state index contributed by atoms with van der Waals surface area (Å²) in [4.78, 5) is 54.2. The maximum atomic E-state index is 14.3. The molecule has 8 atom stereocenters. The van der Waals surface area contributed by atoms with Gasteiger partial charge in [0.05, 0.1) is 18.2 Å². The van der Waals surface area contributed by atoms with E-state index in [4.69, 9.17) is 4.74 Å². The summed E-state index contributed by atoms with van der Waals surface area (Å²) in [6.07, 6.45) is 9.06. The molecule has 5 rings (SSSR count). The third-order valence-corrected chi connectivity index (χ3v) is 9.45. The summed E-state index contributed by atoms with van der Waals surface area (Å²) in [5.41, 5.74) is -0.815. The maximum absolute atomic E-state index is 14.3. The van der Waals surface area contributed by atoms with Crippen LogP contribution in [0.3, 0.4) is 0 Å². The largest absolute Gasteiger partial charge is 0.365 e. The molecule has 4 amide bonds. The van der Waals surface area contributed by atoms with E-state index in [2.05, 4.69) is 35.1 Å². The van der Waals surface area contributed by atoms with Gasteiger partial charge in [0, 0.05) is 24.4 Å². The van der Waals surface area contributed by atoms with Crippen molar-refractivity contribution >= 4 is 23.6 Å². The van der Waals surface area contributed by atoms with Crippen molar-refractivity contribution in [3.63, 3.8) is 0 Å². The molecular weight excluding hydrogens is 520 g/mol. The molecule has 220 valence electrons. The van der Waals surface area contributed by atoms with Crippen molar-refractivity contribution in [3.05, 3.63) is 60.2 Å². The first-order valence-corrected chi connectivity index (χ1v) is 14.8. The molecule has 4 N–H and O–H groups in total. The van der Waals surface area contributed by atoms with Crippen LogP contribution in [-0.4, -0.2) is 60.5 Å². The minimum atomic E-state index is -1.44. The van der Waals surface area contributed by atoms with Crippen LogP contribution in [0.15, 0.2) is 54.6 Å². The van der Waals surface area contributed by atoms with Crippen LogP contribution < -0.4 is 21.3 Å². The molecule has 2 saturated heterocycles. The Kier molecular flexibility index (Phi) is 8.10. The Morgan fingerprint density at radius 1 is 0.976 bits per heavy atom. The van der Waals surface area contributed by atoms with Gasteiger partial charge < -0.3 is 26.0 Å². The van der Waals surface area contributed by atoms with E-state index >= 15 is 0 Å². The monoisotopic (exact) mass is 562 g/mol. The second kappa shape index (κ2) is 11.4. The highest BCUT2D eigenvalue weighted by Crippen LogP contribution is 2.65. The number of hydrogen-bond donors (Lipinski definition) is 4. The highest BCUT2D eigenvalue weighted by Gasteiger charge is 2.78. The smallest absolute Gasteiger partial charge is 0.242 e. The SMILES string of the molecule is CC(C)C[C@H]1NC(=O)CNC(=O)[C@@]23C(=O)N[C@@H](Cc4ccccc4)C2[C@H](C)[C@@]2(C)O[C@H]2C3/C=C/C/C=C\CNC1=O. The van der Waals surface area contributed by atoms with Crippen LogP contribution >= 0.6 is 0 Å². The highest BCUT2D eigenvalue weighted by molar-refractivity contribution is 6.09. The molecule has 1 aromatic carbocycles. The van der Waals surface area contributed by atoms with Crippen LogP contribution in [0.2, 0.25) is 0 Å². The number of epoxide rings is 1. The Balaban J connectivity index is 1.51. The fraction of sp³-hybridized carbons (Fsp3) is 0.562. The van der Waals surface area contributed by atoms with Crippen molar-refractivity contribution in [1.29, 1.82) is 0 Å². The molecule has 1 saturated carbocycles. The number of fused-ring (bicyclic) bond motifs is 2. The predicted molar refractivity (Wildman–Crippen MR) is 154 cm³/mol. The molecular formula is C32H42N4O5. The molecule has 0 radical (unpaired) electrons. The summed E-state index contributed by atoms with van der Waals surface area (Å²) < 4.78 is 6.31. The van der Waals surface area contributed by atoms with Crippen LogP contribution in [0.25, 0.3) is 0 Å². The lowest BCUT2D eigenvalue weighted by atomic mass is 9.52. The van der Waals surface area contributed by atoms with Gasteiger partial charge in [0.15, 0.2) is 0 Å². The van der Waals surface area contributed by atoms with E-state index < -0.39 is 34.8 Å². The average molecular weight is 563 g/mol. The number of ether oxygens (including phenoxy) is 1. The number of amides is 4. The van der Waals surface area contributed by atoms with E-state index in [9.17, 15) is 19.2 Å². The van der Waals surface area contributed by atoms with Crippen molar-refractivity contribution in [3.8, 4) is 0 Å². The zero-order valence-electron chi connectivity index (χ0n) is 24.3. The summed E-state index contributed by atoms with van der Waals surface area (Å²) in [6.45, 7) is 8.11. The Hall–Kier alpha value is -3.46. The van der Waals surface area contributed by atoms with Crippen LogP contribution in [0.1, 0.15) is 46.1 Å². The summed E-state index contributed by atoms with van der Waals surface area (Å²) in [7, 11) is 0. The molecule has 0 bridgehead atoms. The van der Waals surface area contributed by atoms with Crippen LogP contribution in [0.5, 0.6) is 0 Å². The normalized spacial score (nSPS) is 38.9. The highest BCUT2D eigenvalue weighted by atomic mass is 16.6. The number of rotatable bonds is 4. The Bertz CT molecular complexity index is 1250. The molecule has 3 fully saturated rings. The van der Waals surface area contributed by atoms with Gasteiger partial charge in [-0.2, -0.15) is 0 Å². The molecule has 0 aromatic heterocycles. The third kappa shape index (κ3) is 5.32. The topological polar surface area (TPSA) is 129 Å². The van der Waals surface area contributed by atoms with Crippen molar-refractivity contribution in [1.82, 2.24) is 21.3 Å². The fourth-order valence-electron chi connectivity index (χ4n) is 7.32. The van der Waals surface area contributed by atoms with E-state index in [-0.39, 0.29) is 48.3 Å². The minimum absolute atomic E-state index is 0.0889. The molecule has 1 aliphatic carbocycles. The van der Waals surface area contributed by atoms with E-state index in [0.717, 1.165) is 5.56 Å². The molecule has 9 nitrogen and oxygen atoms in total. The van der Waals surface area contributed by atoms with Crippen molar-refractivity contribution in [2.45, 2.75) is 70.7 Å². The molecule has 3 heterocycles. The molecule has 1 aromatic rings. The lowest BCUT2D eigenvalue weighted by Gasteiger charge is -2.45. The number of carbonyl (C=O) groups excluding carboxylic acids is 4. The predicted octanol–water partition coefficient (Wildman–Crippen LogP) is 2.03. The van der Waals surface area contributed by atoms with Gasteiger partial charge in [-0.3, -0.25) is 19.2 Å². The van der Waals surface area contributed by atoms with E-state index in [1.807, 2.05) is 68.5 Å². The van der Waals surface area contributed by atoms with Crippen LogP contribution in [0, 0.1) is 29.1 Å². The van der Waals surface area contributed by atoms with Gasteiger partial charge in [-0.05, 0) is 43.6 Å². The second-order valence-corrected chi connectivity index (χ2v) is 12.5. The summed E-state index contributed by atoms with van der Waals surface area (Å²) in [5.74, 6) is -2.31. The molecule has 3 aliphatic heterocycles. The molecule has 41 heavy (non-hydrogen) atoms. The second-order valence-electron chi connectivity index (χ2n) is 12.5. The van der Waals surface area contributed by atoms with Crippen LogP contribution in [0.4, 0.5) is 0 Å². The van der Waals surface area contributed by atoms with Crippen molar-refractivity contribution in [2.75, 3.05) is 13.1 Å². The number of hydrogen-bond acceptors (Lipinski definition) is 5. The van der Waals surface area contributed by atoms with Gasteiger partial charge in [0.25, 0.3) is 0 Å². The lowest BCUT2D eigenvalue weighted by Crippen LogP contribution is -2.62. The van der Waals surface area contributed by atoms with Gasteiger partial charge in [0.1, 0.15) is 11.5 Å². The van der Waals surface area contributed by atoms with Crippen molar-refractivity contribution in [2.24, 2.45) is 29.1 Å². The number of allylic oxidation sites excluding steroid dienone is 2. The number of benzene rings is 1. The summed E-state index contributed by atoms with van der Waals surface area (Å²) in [5, 5.41) is 11.6. The number of carbonyl (C=O) groups is 4. The van der Waals surface area contributed by atoms with Gasteiger partial charge in [-0.15, -0.1) is 0 Å². The lowest BCUT2D eigenvalue weighted by molar-refractivity contribution is -0.150. The molecule has 1 spiro atoms. The van der Waals surface area contributed by atoms with Gasteiger partial charge in [-0.25, -0.2) is 0 Å². The maximum Gasteiger partial charge on any atom is 0.242 e. The van der Waals surface area contributed by atoms with Crippen LogP contribution in [-0.2, 0) is 30.3 Å². The van der Waals surface area contributed by atoms with Gasteiger partial charge in [-0.1, -0.05) is 75.4 Å². The average Bonchev–Trinajstić information content (AvgIpc) is 3.55. The quantitative estimate of drug-likeness (QED) is 0.254. The third-order valence-electron chi connectivity index (χ3n) is 9.45. The fourth-order valence-corrected chi connectivity index (χ4v) is 7.32. The van der Waals surface area contributed by atoms with Crippen molar-refractivity contribution < 1.29 is 23.9 Å².